The van der Waals surface area contributed by atoms with E-state index in [0.29, 0.717) is 5.82 Å². The van der Waals surface area contributed by atoms with Crippen LogP contribution in [0.4, 0.5) is 11.6 Å². The van der Waals surface area contributed by atoms with Crippen LogP contribution in [0.1, 0.15) is 30.3 Å². The standard InChI is InChI=1S/C12H18N6S/c1-8(2)10-11(16-7-17-12(10)18-13)15-4-3-9-14-5-6-19-9/h5-8H,3-4,13H2,1-2H3,(H2,15,16,17,18). The number of rotatable bonds is 6. The first kappa shape index (κ1) is 13.7. The van der Waals surface area contributed by atoms with Crippen LogP contribution in [0, 0.1) is 0 Å². The van der Waals surface area contributed by atoms with E-state index in [4.69, 9.17) is 5.84 Å². The lowest BCUT2D eigenvalue weighted by molar-refractivity contribution is 0.842. The third-order valence-corrected chi connectivity index (χ3v) is 3.55. The van der Waals surface area contributed by atoms with Crippen molar-refractivity contribution >= 4 is 23.0 Å². The first-order valence-corrected chi connectivity index (χ1v) is 7.04. The molecule has 4 N–H and O–H groups in total. The van der Waals surface area contributed by atoms with Crippen molar-refractivity contribution in [3.63, 3.8) is 0 Å². The smallest absolute Gasteiger partial charge is 0.148 e. The summed E-state index contributed by atoms with van der Waals surface area (Å²) in [6.45, 7) is 4.96. The molecular formula is C12H18N6S. The maximum atomic E-state index is 5.49. The van der Waals surface area contributed by atoms with Crippen molar-refractivity contribution in [1.82, 2.24) is 15.0 Å². The number of nitrogens with two attached hydrogens (primary N) is 1. The summed E-state index contributed by atoms with van der Waals surface area (Å²) in [7, 11) is 0. The van der Waals surface area contributed by atoms with Gasteiger partial charge in [-0.25, -0.2) is 20.8 Å². The topological polar surface area (TPSA) is 88.8 Å². The van der Waals surface area contributed by atoms with Gasteiger partial charge in [0.1, 0.15) is 18.0 Å². The number of nitrogen functional groups attached to an aromatic ring is 1. The molecule has 0 radical (unpaired) electrons. The van der Waals surface area contributed by atoms with Crippen molar-refractivity contribution in [2.24, 2.45) is 5.84 Å². The van der Waals surface area contributed by atoms with E-state index in [1.54, 1.807) is 11.3 Å². The Morgan fingerprint density at radius 3 is 2.68 bits per heavy atom. The van der Waals surface area contributed by atoms with Gasteiger partial charge >= 0.3 is 0 Å². The number of hydrazine groups is 1. The molecule has 0 unspecified atom stereocenters. The van der Waals surface area contributed by atoms with Gasteiger partial charge in [-0.1, -0.05) is 13.8 Å². The van der Waals surface area contributed by atoms with Crippen molar-refractivity contribution in [2.45, 2.75) is 26.2 Å². The van der Waals surface area contributed by atoms with Crippen LogP contribution in [0.2, 0.25) is 0 Å². The molecule has 0 aliphatic heterocycles. The van der Waals surface area contributed by atoms with Crippen LogP contribution in [-0.2, 0) is 6.42 Å². The maximum Gasteiger partial charge on any atom is 0.148 e. The molecule has 2 aromatic rings. The lowest BCUT2D eigenvalue weighted by Gasteiger charge is -2.16. The van der Waals surface area contributed by atoms with Gasteiger partial charge in [-0.3, -0.25) is 0 Å². The van der Waals surface area contributed by atoms with Crippen molar-refractivity contribution in [1.29, 1.82) is 0 Å². The normalized spacial score (nSPS) is 10.7. The number of anilines is 2. The Labute approximate surface area is 116 Å². The van der Waals surface area contributed by atoms with E-state index in [-0.39, 0.29) is 5.92 Å². The quantitative estimate of drug-likeness (QED) is 0.553. The highest BCUT2D eigenvalue weighted by molar-refractivity contribution is 7.09. The fourth-order valence-electron chi connectivity index (χ4n) is 1.86. The summed E-state index contributed by atoms with van der Waals surface area (Å²) in [5, 5.41) is 6.43. The summed E-state index contributed by atoms with van der Waals surface area (Å²) in [6, 6.07) is 0. The zero-order chi connectivity index (χ0) is 13.7. The monoisotopic (exact) mass is 278 g/mol. The van der Waals surface area contributed by atoms with Crippen LogP contribution in [0.5, 0.6) is 0 Å². The molecule has 0 amide bonds. The largest absolute Gasteiger partial charge is 0.369 e. The zero-order valence-corrected chi connectivity index (χ0v) is 11.9. The number of nitrogens with zero attached hydrogens (tertiary/aromatic N) is 3. The summed E-state index contributed by atoms with van der Waals surface area (Å²) in [4.78, 5) is 12.7. The van der Waals surface area contributed by atoms with Crippen molar-refractivity contribution in [3.8, 4) is 0 Å². The summed E-state index contributed by atoms with van der Waals surface area (Å²) in [5.74, 6) is 7.27. The molecule has 0 spiro atoms. The summed E-state index contributed by atoms with van der Waals surface area (Å²) in [6.07, 6.45) is 4.21. The summed E-state index contributed by atoms with van der Waals surface area (Å²) < 4.78 is 0. The second-order valence-electron chi connectivity index (χ2n) is 4.39. The molecule has 0 aliphatic rings. The van der Waals surface area contributed by atoms with Gasteiger partial charge in [-0.05, 0) is 5.92 Å². The molecule has 2 rings (SSSR count). The first-order valence-electron chi connectivity index (χ1n) is 6.16. The van der Waals surface area contributed by atoms with Crippen LogP contribution in [0.25, 0.3) is 0 Å². The van der Waals surface area contributed by atoms with Crippen molar-refractivity contribution in [2.75, 3.05) is 17.3 Å². The predicted octanol–water partition coefficient (Wildman–Crippen LogP) is 2.00. The highest BCUT2D eigenvalue weighted by Crippen LogP contribution is 2.27. The number of aromatic nitrogens is 3. The predicted molar refractivity (Wildman–Crippen MR) is 78.2 cm³/mol. The Hall–Kier alpha value is -1.73. The minimum Gasteiger partial charge on any atom is -0.369 e. The molecule has 6 nitrogen and oxygen atoms in total. The van der Waals surface area contributed by atoms with Crippen LogP contribution in [-0.4, -0.2) is 21.5 Å². The SMILES string of the molecule is CC(C)c1c(NN)ncnc1NCCc1nccs1. The summed E-state index contributed by atoms with van der Waals surface area (Å²) >= 11 is 1.66. The third-order valence-electron chi connectivity index (χ3n) is 2.71. The molecule has 0 aliphatic carbocycles. The Bertz CT molecular complexity index is 511. The first-order chi connectivity index (χ1) is 9.22. The molecule has 102 valence electrons. The molecule has 0 saturated carbocycles. The Morgan fingerprint density at radius 2 is 2.05 bits per heavy atom. The maximum absolute atomic E-state index is 5.49. The van der Waals surface area contributed by atoms with Gasteiger partial charge in [0.15, 0.2) is 0 Å². The molecule has 2 heterocycles. The van der Waals surface area contributed by atoms with Crippen LogP contribution in [0.3, 0.4) is 0 Å². The van der Waals surface area contributed by atoms with E-state index in [9.17, 15) is 0 Å². The highest BCUT2D eigenvalue weighted by atomic mass is 32.1. The zero-order valence-electron chi connectivity index (χ0n) is 11.1. The Morgan fingerprint density at radius 1 is 1.26 bits per heavy atom. The second kappa shape index (κ2) is 6.44. The number of hydrogen-bond acceptors (Lipinski definition) is 7. The Kier molecular flexibility index (Phi) is 4.64. The van der Waals surface area contributed by atoms with E-state index in [2.05, 4.69) is 39.5 Å². The fraction of sp³-hybridized carbons (Fsp3) is 0.417. The number of hydrogen-bond donors (Lipinski definition) is 3. The second-order valence-corrected chi connectivity index (χ2v) is 5.37. The molecule has 19 heavy (non-hydrogen) atoms. The lowest BCUT2D eigenvalue weighted by atomic mass is 10.0. The average molecular weight is 278 g/mol. The molecule has 0 saturated heterocycles. The molecule has 0 bridgehead atoms. The Balaban J connectivity index is 2.07. The fourth-order valence-corrected chi connectivity index (χ4v) is 2.48. The van der Waals surface area contributed by atoms with Crippen LogP contribution in [0.15, 0.2) is 17.9 Å². The van der Waals surface area contributed by atoms with E-state index in [1.807, 2.05) is 11.6 Å². The van der Waals surface area contributed by atoms with E-state index in [0.717, 1.165) is 29.4 Å². The average Bonchev–Trinajstić information content (AvgIpc) is 2.91. The molecule has 0 aromatic carbocycles. The van der Waals surface area contributed by atoms with Gasteiger partial charge in [0.2, 0.25) is 0 Å². The van der Waals surface area contributed by atoms with Crippen molar-refractivity contribution < 1.29 is 0 Å². The third kappa shape index (κ3) is 3.39. The van der Waals surface area contributed by atoms with Gasteiger partial charge in [-0.15, -0.1) is 11.3 Å². The molecule has 2 aromatic heterocycles. The van der Waals surface area contributed by atoms with Gasteiger partial charge < -0.3 is 10.7 Å². The lowest BCUT2D eigenvalue weighted by Crippen LogP contribution is -2.16. The molecular weight excluding hydrogens is 260 g/mol. The van der Waals surface area contributed by atoms with Gasteiger partial charge in [0, 0.05) is 30.1 Å². The van der Waals surface area contributed by atoms with E-state index in [1.165, 1.54) is 6.33 Å². The minimum atomic E-state index is 0.287. The number of thiazole rings is 1. The molecule has 7 heteroatoms. The number of nitrogens with one attached hydrogen (secondary N) is 2. The van der Waals surface area contributed by atoms with Crippen molar-refractivity contribution in [3.05, 3.63) is 28.5 Å². The summed E-state index contributed by atoms with van der Waals surface area (Å²) in [5.41, 5.74) is 3.62. The highest BCUT2D eigenvalue weighted by Gasteiger charge is 2.13. The van der Waals surface area contributed by atoms with Gasteiger partial charge in [-0.2, -0.15) is 0 Å². The molecule has 0 fully saturated rings. The molecule has 0 atom stereocenters. The van der Waals surface area contributed by atoms with E-state index < -0.39 is 0 Å². The van der Waals surface area contributed by atoms with Gasteiger partial charge in [0.25, 0.3) is 0 Å². The van der Waals surface area contributed by atoms with Crippen LogP contribution >= 0.6 is 11.3 Å². The van der Waals surface area contributed by atoms with Crippen LogP contribution < -0.4 is 16.6 Å². The minimum absolute atomic E-state index is 0.287. The van der Waals surface area contributed by atoms with Gasteiger partial charge in [0.05, 0.1) is 5.01 Å². The van der Waals surface area contributed by atoms with E-state index >= 15 is 0 Å².